The van der Waals surface area contributed by atoms with Gasteiger partial charge in [0.2, 0.25) is 0 Å². The fourth-order valence-corrected chi connectivity index (χ4v) is 18.6. The molecule has 0 radical (unpaired) electrons. The van der Waals surface area contributed by atoms with E-state index in [9.17, 15) is 0 Å². The van der Waals surface area contributed by atoms with Gasteiger partial charge >= 0.3 is 374 Å². The average molecular weight is 870 g/mol. The SMILES string of the molecule is CP123n4c5c6cc7ccccc7cc6c4N=C4c6cc7ccccc7cc6C(=[N+]41)C(c1cc(F)cc(F)c1)=c1c4cc6ccccc6cc4c(n12)=NC1=[N+]3C(=N5)c2cc3ccccc3cc21. The fourth-order valence-electron chi connectivity index (χ4n) is 12.6. The van der Waals surface area contributed by atoms with E-state index in [1.807, 2.05) is 0 Å². The molecule has 17 rings (SSSR count). The Morgan fingerprint density at radius 2 is 0.879 bits per heavy atom. The van der Waals surface area contributed by atoms with Gasteiger partial charge in [0.05, 0.1) is 0 Å². The Balaban J connectivity index is 1.21. The normalized spacial score (nSPS) is 17.8. The van der Waals surface area contributed by atoms with Crippen molar-refractivity contribution >= 4 is 112 Å². The number of hydrogen-bond acceptors (Lipinski definition) is 3. The monoisotopic (exact) mass is 869 g/mol. The first-order chi connectivity index (χ1) is 32.3. The quantitative estimate of drug-likeness (QED) is 0.148. The third-order valence-electron chi connectivity index (χ3n) is 15.3. The van der Waals surface area contributed by atoms with Gasteiger partial charge in [0.1, 0.15) is 0 Å². The number of fused-ring (bicyclic) bond motifs is 16. The van der Waals surface area contributed by atoms with E-state index in [0.29, 0.717) is 5.56 Å². The van der Waals surface area contributed by atoms with Crippen LogP contribution in [0.4, 0.5) is 20.4 Å². The minimum atomic E-state index is -4.44. The van der Waals surface area contributed by atoms with E-state index in [1.165, 1.54) is 12.1 Å². The Morgan fingerprint density at radius 1 is 0.439 bits per heavy atom. The first-order valence-corrected chi connectivity index (χ1v) is 24.7. The standard InChI is InChI=1S/C56H30F2N7P/c1-66-62-49-40-20-29-10-2-4-12-31(29)22-42(40)51(62)59-53-44-24-33-14-6-8-16-35(33)26-46(44)55(64(53)66)61-56-47-27-36-17-9-7-15-34(36)25-45(47)54(65(56)66)60-52-43-23-32-13-5-3-11-30(32)21-41(43)50(63(52)66)48(49)37-18-38(57)28-39(58)19-37/h2-28H,1H3/q+2. The van der Waals surface area contributed by atoms with Gasteiger partial charge in [-0.05, 0) is 0 Å². The van der Waals surface area contributed by atoms with Crippen molar-refractivity contribution in [1.29, 1.82) is 0 Å². The summed E-state index contributed by atoms with van der Waals surface area (Å²) in [6.45, 7) is 2.43. The van der Waals surface area contributed by atoms with Gasteiger partial charge in [-0.3, -0.25) is 0 Å². The van der Waals surface area contributed by atoms with Crippen LogP contribution in [0, 0.1) is 11.6 Å². The molecule has 0 atom stereocenters. The third-order valence-corrected chi connectivity index (χ3v) is 20.5. The summed E-state index contributed by atoms with van der Waals surface area (Å²) in [4.78, 5) is 17.5. The second-order valence-electron chi connectivity index (χ2n) is 18.6. The van der Waals surface area contributed by atoms with Gasteiger partial charge in [-0.2, -0.15) is 0 Å². The molecule has 7 nitrogen and oxygen atoms in total. The van der Waals surface area contributed by atoms with Crippen molar-refractivity contribution in [3.8, 4) is 0 Å². The van der Waals surface area contributed by atoms with Gasteiger partial charge in [0.15, 0.2) is 0 Å². The van der Waals surface area contributed by atoms with Gasteiger partial charge in [-0.25, -0.2) is 0 Å². The summed E-state index contributed by atoms with van der Waals surface area (Å²) in [6, 6.07) is 55.8. The molecule has 6 aliphatic heterocycles. The molecule has 0 saturated heterocycles. The van der Waals surface area contributed by atoms with E-state index in [2.05, 4.69) is 170 Å². The molecule has 0 fully saturated rings. The van der Waals surface area contributed by atoms with Crippen LogP contribution in [0.5, 0.6) is 0 Å². The predicted molar refractivity (Wildman–Crippen MR) is 261 cm³/mol. The Labute approximate surface area is 372 Å². The van der Waals surface area contributed by atoms with Crippen molar-refractivity contribution in [3.63, 3.8) is 0 Å². The van der Waals surface area contributed by atoms with Gasteiger partial charge in [0.25, 0.3) is 0 Å². The number of aliphatic imine (C=N–C) groups is 2. The molecule has 10 heteroatoms. The fraction of sp³-hybridized carbons (Fsp3) is 0.0179. The molecule has 9 aromatic carbocycles. The molecule has 306 valence electrons. The Morgan fingerprint density at radius 3 is 1.42 bits per heavy atom. The molecule has 1 spiro atoms. The number of benzene rings is 9. The average Bonchev–Trinajstić information content (AvgIpc) is 4.03. The number of rotatable bonds is 1. The molecule has 2 aromatic heterocycles. The number of amidine groups is 3. The molecule has 8 heterocycles. The van der Waals surface area contributed by atoms with E-state index >= 15 is 8.78 Å². The van der Waals surface area contributed by atoms with Crippen LogP contribution < -0.4 is 10.8 Å². The van der Waals surface area contributed by atoms with Crippen molar-refractivity contribution in [1.82, 2.24) is 8.68 Å². The maximum atomic E-state index is 16.0. The van der Waals surface area contributed by atoms with Gasteiger partial charge in [-0.1, -0.05) is 0 Å². The van der Waals surface area contributed by atoms with E-state index in [4.69, 9.17) is 15.0 Å². The van der Waals surface area contributed by atoms with Crippen LogP contribution in [0.2, 0.25) is 0 Å². The first-order valence-electron chi connectivity index (χ1n) is 22.2. The van der Waals surface area contributed by atoms with Crippen LogP contribution >= 0.6 is 7.21 Å². The van der Waals surface area contributed by atoms with Crippen LogP contribution in [-0.4, -0.2) is 47.3 Å². The molecule has 0 saturated carbocycles. The molecule has 0 aliphatic carbocycles. The van der Waals surface area contributed by atoms with Crippen molar-refractivity contribution in [3.05, 3.63) is 214 Å². The van der Waals surface area contributed by atoms with Crippen LogP contribution in [0.3, 0.4) is 0 Å². The van der Waals surface area contributed by atoms with Gasteiger partial charge < -0.3 is 0 Å². The second-order valence-corrected chi connectivity index (χ2v) is 22.8. The number of aromatic nitrogens is 2. The van der Waals surface area contributed by atoms with Crippen LogP contribution in [0.15, 0.2) is 179 Å². The topological polar surface area (TPSA) is 53.0 Å². The summed E-state index contributed by atoms with van der Waals surface area (Å²) in [7, 11) is -4.44. The summed E-state index contributed by atoms with van der Waals surface area (Å²) < 4.78 is 41.9. The zero-order valence-electron chi connectivity index (χ0n) is 34.9. The predicted octanol–water partition coefficient (Wildman–Crippen LogP) is 11.3. The number of hydrogen-bond donors (Lipinski definition) is 0. The van der Waals surface area contributed by atoms with E-state index < -0.39 is 18.8 Å². The molecular weight excluding hydrogens is 840 g/mol. The number of halogens is 2. The second kappa shape index (κ2) is 10.8. The molecule has 0 bridgehead atoms. The summed E-state index contributed by atoms with van der Waals surface area (Å²) in [5.41, 5.74) is 6.73. The summed E-state index contributed by atoms with van der Waals surface area (Å²) in [5.74, 6) is 2.78. The van der Waals surface area contributed by atoms with Crippen LogP contribution in [0.25, 0.3) is 70.2 Å². The van der Waals surface area contributed by atoms with E-state index in [-0.39, 0.29) is 0 Å². The van der Waals surface area contributed by atoms with Crippen molar-refractivity contribution < 1.29 is 17.5 Å². The van der Waals surface area contributed by atoms with Crippen molar-refractivity contribution in [2.75, 3.05) is 6.66 Å². The van der Waals surface area contributed by atoms with Crippen LogP contribution in [0.1, 0.15) is 27.8 Å². The molecule has 66 heavy (non-hydrogen) atoms. The van der Waals surface area contributed by atoms with Crippen LogP contribution in [-0.2, 0) is 0 Å². The molecule has 11 aromatic rings. The molecular formula is C56H30F2N7P+2. The first kappa shape index (κ1) is 34.2. The Kier molecular flexibility index (Phi) is 5.60. The van der Waals surface area contributed by atoms with Gasteiger partial charge in [0, 0.05) is 0 Å². The summed E-state index contributed by atoms with van der Waals surface area (Å²) in [6.07, 6.45) is 0. The molecule has 0 amide bonds. The molecule has 0 unspecified atom stereocenters. The molecule has 6 aliphatic rings. The minimum absolute atomic E-state index is 0.439. The molecule has 0 N–H and O–H groups in total. The van der Waals surface area contributed by atoms with E-state index in [1.54, 1.807) is 0 Å². The van der Waals surface area contributed by atoms with Crippen molar-refractivity contribution in [2.45, 2.75) is 0 Å². The Hall–Kier alpha value is -8.26. The zero-order chi connectivity index (χ0) is 43.1. The summed E-state index contributed by atoms with van der Waals surface area (Å²) in [5, 5.41) is 13.5. The zero-order valence-corrected chi connectivity index (χ0v) is 35.8. The van der Waals surface area contributed by atoms with Crippen molar-refractivity contribution in [2.24, 2.45) is 15.0 Å². The van der Waals surface area contributed by atoms with E-state index in [0.717, 1.165) is 144 Å². The third kappa shape index (κ3) is 3.59. The summed E-state index contributed by atoms with van der Waals surface area (Å²) >= 11 is 0. The Bertz CT molecular complexity index is 4570. The number of nitrogens with zero attached hydrogens (tertiary/aromatic N) is 7. The maximum absolute atomic E-state index is 16.0. The van der Waals surface area contributed by atoms with Gasteiger partial charge in [-0.15, -0.1) is 0 Å².